The van der Waals surface area contributed by atoms with E-state index in [0.29, 0.717) is 0 Å². The molecule has 3 aromatic rings. The Hall–Kier alpha value is -2.76. The van der Waals surface area contributed by atoms with Crippen molar-refractivity contribution < 1.29 is 4.39 Å². The van der Waals surface area contributed by atoms with Crippen LogP contribution in [0, 0.1) is 5.82 Å². The van der Waals surface area contributed by atoms with Crippen molar-refractivity contribution in [1.82, 2.24) is 19.7 Å². The minimum Gasteiger partial charge on any atom is -0.375 e. The van der Waals surface area contributed by atoms with Gasteiger partial charge < -0.3 is 5.32 Å². The first kappa shape index (κ1) is 13.2. The van der Waals surface area contributed by atoms with Gasteiger partial charge in [-0.1, -0.05) is 12.1 Å². The van der Waals surface area contributed by atoms with E-state index in [1.807, 2.05) is 31.2 Å². The van der Waals surface area contributed by atoms with Crippen LogP contribution in [0.5, 0.6) is 0 Å². The highest BCUT2D eigenvalue weighted by Gasteiger charge is 2.10. The van der Waals surface area contributed by atoms with Gasteiger partial charge in [0.1, 0.15) is 18.5 Å². The quantitative estimate of drug-likeness (QED) is 0.799. The van der Waals surface area contributed by atoms with Gasteiger partial charge in [-0.3, -0.25) is 4.98 Å². The largest absolute Gasteiger partial charge is 0.375 e. The lowest BCUT2D eigenvalue weighted by molar-refractivity contribution is 0.617. The molecule has 0 aliphatic heterocycles. The Labute approximate surface area is 121 Å². The van der Waals surface area contributed by atoms with Gasteiger partial charge in [0.05, 0.1) is 29.3 Å². The first-order valence-electron chi connectivity index (χ1n) is 6.56. The van der Waals surface area contributed by atoms with Crippen molar-refractivity contribution in [3.05, 3.63) is 66.8 Å². The highest BCUT2D eigenvalue weighted by molar-refractivity contribution is 5.61. The maximum Gasteiger partial charge on any atom is 0.141 e. The number of para-hydroxylation sites is 2. The van der Waals surface area contributed by atoms with E-state index in [-0.39, 0.29) is 11.9 Å². The minimum absolute atomic E-state index is 0.0599. The number of aromatic nitrogens is 4. The maximum atomic E-state index is 12.9. The number of hydrogen-bond donors (Lipinski definition) is 1. The summed E-state index contributed by atoms with van der Waals surface area (Å²) in [6.45, 7) is 1.97. The third-order valence-corrected chi connectivity index (χ3v) is 3.14. The third-order valence-electron chi connectivity index (χ3n) is 3.14. The van der Waals surface area contributed by atoms with Gasteiger partial charge in [0, 0.05) is 0 Å². The van der Waals surface area contributed by atoms with Crippen molar-refractivity contribution in [3.63, 3.8) is 0 Å². The smallest absolute Gasteiger partial charge is 0.141 e. The van der Waals surface area contributed by atoms with Crippen molar-refractivity contribution in [2.45, 2.75) is 13.0 Å². The molecule has 1 N–H and O–H groups in total. The second kappa shape index (κ2) is 5.70. The summed E-state index contributed by atoms with van der Waals surface area (Å²) >= 11 is 0. The number of hydrogen-bond acceptors (Lipinski definition) is 4. The van der Waals surface area contributed by atoms with E-state index in [1.54, 1.807) is 17.1 Å². The monoisotopic (exact) mass is 283 g/mol. The fourth-order valence-electron chi connectivity index (χ4n) is 2.08. The Kier molecular flexibility index (Phi) is 3.59. The van der Waals surface area contributed by atoms with Crippen LogP contribution < -0.4 is 5.32 Å². The SMILES string of the molecule is CC(Nc1ccccc1-n1cncn1)c1ccc(F)cn1. The predicted molar refractivity (Wildman–Crippen MR) is 77.6 cm³/mol. The van der Waals surface area contributed by atoms with Crippen LogP contribution in [-0.2, 0) is 0 Å². The molecule has 3 rings (SSSR count). The molecule has 0 saturated carbocycles. The second-order valence-corrected chi connectivity index (χ2v) is 4.62. The average Bonchev–Trinajstić information content (AvgIpc) is 3.02. The molecule has 2 heterocycles. The second-order valence-electron chi connectivity index (χ2n) is 4.62. The average molecular weight is 283 g/mol. The lowest BCUT2D eigenvalue weighted by Crippen LogP contribution is -2.11. The Morgan fingerprint density at radius 1 is 1.19 bits per heavy atom. The molecule has 0 amide bonds. The third kappa shape index (κ3) is 2.89. The van der Waals surface area contributed by atoms with Gasteiger partial charge in [0.15, 0.2) is 0 Å². The Bertz CT molecular complexity index is 709. The molecule has 0 radical (unpaired) electrons. The zero-order chi connectivity index (χ0) is 14.7. The van der Waals surface area contributed by atoms with Crippen molar-refractivity contribution >= 4 is 5.69 Å². The minimum atomic E-state index is -0.339. The van der Waals surface area contributed by atoms with E-state index in [4.69, 9.17) is 0 Å². The van der Waals surface area contributed by atoms with Gasteiger partial charge in [-0.2, -0.15) is 5.10 Å². The van der Waals surface area contributed by atoms with Crippen LogP contribution in [0.2, 0.25) is 0 Å². The fraction of sp³-hybridized carbons (Fsp3) is 0.133. The molecule has 2 aromatic heterocycles. The van der Waals surface area contributed by atoms with Gasteiger partial charge >= 0.3 is 0 Å². The zero-order valence-electron chi connectivity index (χ0n) is 11.4. The Morgan fingerprint density at radius 3 is 2.76 bits per heavy atom. The van der Waals surface area contributed by atoms with Crippen LogP contribution in [0.1, 0.15) is 18.7 Å². The van der Waals surface area contributed by atoms with E-state index in [9.17, 15) is 4.39 Å². The summed E-state index contributed by atoms with van der Waals surface area (Å²) in [5, 5.41) is 7.50. The highest BCUT2D eigenvalue weighted by Crippen LogP contribution is 2.23. The van der Waals surface area contributed by atoms with Crippen LogP contribution in [0.15, 0.2) is 55.2 Å². The number of benzene rings is 1. The van der Waals surface area contributed by atoms with E-state index in [0.717, 1.165) is 17.1 Å². The number of rotatable bonds is 4. The summed E-state index contributed by atoms with van der Waals surface area (Å²) in [6, 6.07) is 10.8. The first-order chi connectivity index (χ1) is 10.2. The topological polar surface area (TPSA) is 55.6 Å². The standard InChI is InChI=1S/C15H14FN5/c1-11(13-7-6-12(16)8-18-13)20-14-4-2-3-5-15(14)21-10-17-9-19-21/h2-11,20H,1H3. The number of pyridine rings is 1. The maximum absolute atomic E-state index is 12.9. The summed E-state index contributed by atoms with van der Waals surface area (Å²) in [7, 11) is 0. The van der Waals surface area contributed by atoms with Gasteiger partial charge in [-0.05, 0) is 31.2 Å². The molecule has 0 aliphatic rings. The lowest BCUT2D eigenvalue weighted by Gasteiger charge is -2.17. The number of halogens is 1. The fourth-order valence-corrected chi connectivity index (χ4v) is 2.08. The molecule has 6 heteroatoms. The molecule has 0 spiro atoms. The Morgan fingerprint density at radius 2 is 2.05 bits per heavy atom. The van der Waals surface area contributed by atoms with Crippen LogP contribution in [0.3, 0.4) is 0 Å². The molecule has 0 fully saturated rings. The van der Waals surface area contributed by atoms with Crippen molar-refractivity contribution in [2.24, 2.45) is 0 Å². The highest BCUT2D eigenvalue weighted by atomic mass is 19.1. The van der Waals surface area contributed by atoms with E-state index in [1.165, 1.54) is 18.6 Å². The number of nitrogens with zero attached hydrogens (tertiary/aromatic N) is 4. The number of anilines is 1. The van der Waals surface area contributed by atoms with E-state index < -0.39 is 0 Å². The van der Waals surface area contributed by atoms with Crippen LogP contribution in [0.4, 0.5) is 10.1 Å². The molecule has 1 aromatic carbocycles. The molecule has 0 aliphatic carbocycles. The van der Waals surface area contributed by atoms with Gasteiger partial charge in [-0.15, -0.1) is 0 Å². The number of nitrogens with one attached hydrogen (secondary N) is 1. The van der Waals surface area contributed by atoms with E-state index in [2.05, 4.69) is 20.4 Å². The summed E-state index contributed by atoms with van der Waals surface area (Å²) in [5.74, 6) is -0.339. The van der Waals surface area contributed by atoms with Crippen molar-refractivity contribution in [1.29, 1.82) is 0 Å². The molecular weight excluding hydrogens is 269 g/mol. The van der Waals surface area contributed by atoms with E-state index >= 15 is 0 Å². The predicted octanol–water partition coefficient (Wildman–Crippen LogP) is 2.97. The molecule has 106 valence electrons. The zero-order valence-corrected chi connectivity index (χ0v) is 11.4. The normalized spacial score (nSPS) is 12.1. The molecule has 0 bridgehead atoms. The van der Waals surface area contributed by atoms with Crippen LogP contribution in [0.25, 0.3) is 5.69 Å². The first-order valence-corrected chi connectivity index (χ1v) is 6.56. The van der Waals surface area contributed by atoms with Crippen molar-refractivity contribution in [3.8, 4) is 5.69 Å². The van der Waals surface area contributed by atoms with Crippen LogP contribution >= 0.6 is 0 Å². The Balaban J connectivity index is 1.86. The summed E-state index contributed by atoms with van der Waals surface area (Å²) in [6.07, 6.45) is 4.35. The summed E-state index contributed by atoms with van der Waals surface area (Å²) in [5.41, 5.74) is 2.57. The molecule has 0 saturated heterocycles. The molecule has 1 unspecified atom stereocenters. The van der Waals surface area contributed by atoms with Crippen molar-refractivity contribution in [2.75, 3.05) is 5.32 Å². The summed E-state index contributed by atoms with van der Waals surface area (Å²) < 4.78 is 14.6. The molecule has 5 nitrogen and oxygen atoms in total. The lowest BCUT2D eigenvalue weighted by atomic mass is 10.2. The van der Waals surface area contributed by atoms with Crippen LogP contribution in [-0.4, -0.2) is 19.7 Å². The molecule has 1 atom stereocenters. The molecular formula is C15H14FN5. The van der Waals surface area contributed by atoms with Gasteiger partial charge in [0.2, 0.25) is 0 Å². The van der Waals surface area contributed by atoms with Gasteiger partial charge in [-0.25, -0.2) is 14.1 Å². The molecule has 21 heavy (non-hydrogen) atoms. The summed E-state index contributed by atoms with van der Waals surface area (Å²) in [4.78, 5) is 8.05. The van der Waals surface area contributed by atoms with Gasteiger partial charge in [0.25, 0.3) is 0 Å².